The summed E-state index contributed by atoms with van der Waals surface area (Å²) in [6.45, 7) is 1.75. The van der Waals surface area contributed by atoms with Gasteiger partial charge < -0.3 is 19.8 Å². The van der Waals surface area contributed by atoms with Crippen molar-refractivity contribution < 1.29 is 19.7 Å². The monoisotopic (exact) mass is 291 g/mol. The zero-order valence-corrected chi connectivity index (χ0v) is 11.9. The van der Waals surface area contributed by atoms with Crippen molar-refractivity contribution in [1.29, 1.82) is 0 Å². The minimum absolute atomic E-state index is 0.0105. The Bertz CT molecular complexity index is 476. The fourth-order valence-corrected chi connectivity index (χ4v) is 2.32. The van der Waals surface area contributed by atoms with E-state index in [0.717, 1.165) is 18.4 Å². The number of phenolic OH excluding ortho intramolecular Hbond substituents is 1. The number of carbonyl (C=O) groups is 1. The molecule has 0 spiro atoms. The number of carbonyl (C=O) groups excluding carboxylic acids is 1. The molecule has 1 aromatic rings. The molecule has 0 saturated carbocycles. The smallest absolute Gasteiger partial charge is 0.246 e. The molecule has 0 unspecified atom stereocenters. The van der Waals surface area contributed by atoms with E-state index in [-0.39, 0.29) is 24.4 Å². The molecule has 1 fully saturated rings. The van der Waals surface area contributed by atoms with Gasteiger partial charge >= 0.3 is 0 Å². The van der Waals surface area contributed by atoms with Gasteiger partial charge in [-0.3, -0.25) is 4.79 Å². The van der Waals surface area contributed by atoms with E-state index in [4.69, 9.17) is 9.84 Å². The maximum Gasteiger partial charge on any atom is 0.246 e. The number of phenols is 1. The van der Waals surface area contributed by atoms with Crippen molar-refractivity contribution in [2.45, 2.75) is 18.9 Å². The highest BCUT2D eigenvalue weighted by Gasteiger charge is 2.21. The molecule has 5 heteroatoms. The molecule has 1 aliphatic rings. The van der Waals surface area contributed by atoms with Gasteiger partial charge in [0.15, 0.2) is 0 Å². The molecule has 0 aliphatic carbocycles. The number of benzene rings is 1. The molecule has 114 valence electrons. The van der Waals surface area contributed by atoms with Crippen molar-refractivity contribution in [3.8, 4) is 5.75 Å². The van der Waals surface area contributed by atoms with Crippen molar-refractivity contribution >= 4 is 12.0 Å². The molecule has 5 nitrogen and oxygen atoms in total. The topological polar surface area (TPSA) is 70.0 Å². The number of aromatic hydroxyl groups is 1. The van der Waals surface area contributed by atoms with Crippen LogP contribution in [0.1, 0.15) is 18.4 Å². The summed E-state index contributed by atoms with van der Waals surface area (Å²) in [5.41, 5.74) is 0.877. The average molecular weight is 291 g/mol. The largest absolute Gasteiger partial charge is 0.508 e. The Morgan fingerprint density at radius 2 is 1.95 bits per heavy atom. The fourth-order valence-electron chi connectivity index (χ4n) is 2.32. The van der Waals surface area contributed by atoms with Crippen LogP contribution in [0.15, 0.2) is 30.3 Å². The lowest BCUT2D eigenvalue weighted by atomic mass is 10.1. The highest BCUT2D eigenvalue weighted by Crippen LogP contribution is 2.15. The molecule has 1 saturated heterocycles. The Morgan fingerprint density at radius 3 is 2.57 bits per heavy atom. The molecule has 2 N–H and O–H groups in total. The maximum atomic E-state index is 12.1. The van der Waals surface area contributed by atoms with Crippen molar-refractivity contribution in [2.24, 2.45) is 0 Å². The zero-order chi connectivity index (χ0) is 15.1. The van der Waals surface area contributed by atoms with Crippen LogP contribution in [-0.2, 0) is 9.53 Å². The summed E-state index contributed by atoms with van der Waals surface area (Å²) in [7, 11) is 0. The number of likely N-dealkylation sites (tertiary alicyclic amines) is 1. The van der Waals surface area contributed by atoms with Crippen LogP contribution in [0.25, 0.3) is 6.08 Å². The van der Waals surface area contributed by atoms with Gasteiger partial charge in [0.1, 0.15) is 5.75 Å². The van der Waals surface area contributed by atoms with Gasteiger partial charge in [-0.05, 0) is 36.6 Å². The van der Waals surface area contributed by atoms with Gasteiger partial charge in [-0.1, -0.05) is 12.1 Å². The summed E-state index contributed by atoms with van der Waals surface area (Å²) in [5.74, 6) is 0.201. The second-order valence-electron chi connectivity index (χ2n) is 5.04. The number of amides is 1. The fraction of sp³-hybridized carbons (Fsp3) is 0.438. The molecule has 0 aromatic heterocycles. The Hall–Kier alpha value is -1.85. The van der Waals surface area contributed by atoms with E-state index in [1.165, 1.54) is 0 Å². The van der Waals surface area contributed by atoms with Crippen LogP contribution < -0.4 is 0 Å². The van der Waals surface area contributed by atoms with Crippen LogP contribution in [0.4, 0.5) is 0 Å². The SMILES string of the molecule is O=C(/C=C/c1ccc(O)cc1)N1CCC(OCCO)CC1. The predicted molar refractivity (Wildman–Crippen MR) is 79.8 cm³/mol. The highest BCUT2D eigenvalue weighted by atomic mass is 16.5. The molecular weight excluding hydrogens is 270 g/mol. The van der Waals surface area contributed by atoms with Crippen molar-refractivity contribution in [2.75, 3.05) is 26.3 Å². The lowest BCUT2D eigenvalue weighted by molar-refractivity contribution is -0.128. The first-order chi connectivity index (χ1) is 10.2. The number of nitrogens with zero attached hydrogens (tertiary/aromatic N) is 1. The number of hydrogen-bond acceptors (Lipinski definition) is 4. The summed E-state index contributed by atoms with van der Waals surface area (Å²) < 4.78 is 5.47. The molecule has 1 amide bonds. The second kappa shape index (κ2) is 7.81. The van der Waals surface area contributed by atoms with Crippen LogP contribution in [-0.4, -0.2) is 53.4 Å². The Balaban J connectivity index is 1.80. The first-order valence-electron chi connectivity index (χ1n) is 7.17. The van der Waals surface area contributed by atoms with E-state index in [9.17, 15) is 9.90 Å². The zero-order valence-electron chi connectivity index (χ0n) is 11.9. The normalized spacial score (nSPS) is 16.5. The van der Waals surface area contributed by atoms with Crippen LogP contribution in [0.2, 0.25) is 0 Å². The third-order valence-electron chi connectivity index (χ3n) is 3.51. The predicted octanol–water partition coefficient (Wildman–Crippen LogP) is 1.41. The van der Waals surface area contributed by atoms with Crippen molar-refractivity contribution in [3.63, 3.8) is 0 Å². The Morgan fingerprint density at radius 1 is 1.29 bits per heavy atom. The lowest BCUT2D eigenvalue weighted by Crippen LogP contribution is -2.40. The molecule has 21 heavy (non-hydrogen) atoms. The summed E-state index contributed by atoms with van der Waals surface area (Å²) >= 11 is 0. The summed E-state index contributed by atoms with van der Waals surface area (Å²) in [6.07, 6.45) is 5.05. The number of piperidine rings is 1. The summed E-state index contributed by atoms with van der Waals surface area (Å²) in [4.78, 5) is 13.9. The first kappa shape index (κ1) is 15.5. The lowest BCUT2D eigenvalue weighted by Gasteiger charge is -2.31. The number of aliphatic hydroxyl groups is 1. The molecule has 0 radical (unpaired) electrons. The Kier molecular flexibility index (Phi) is 5.78. The van der Waals surface area contributed by atoms with Crippen LogP contribution in [0, 0.1) is 0 Å². The Labute approximate surface area is 124 Å². The van der Waals surface area contributed by atoms with Gasteiger partial charge in [0, 0.05) is 19.2 Å². The van der Waals surface area contributed by atoms with Crippen LogP contribution >= 0.6 is 0 Å². The van der Waals surface area contributed by atoms with Gasteiger partial charge in [-0.2, -0.15) is 0 Å². The van der Waals surface area contributed by atoms with Gasteiger partial charge in [0.25, 0.3) is 0 Å². The molecule has 1 aromatic carbocycles. The van der Waals surface area contributed by atoms with Gasteiger partial charge in [-0.25, -0.2) is 0 Å². The van der Waals surface area contributed by atoms with E-state index in [1.54, 1.807) is 41.3 Å². The minimum Gasteiger partial charge on any atom is -0.508 e. The molecule has 2 rings (SSSR count). The second-order valence-corrected chi connectivity index (χ2v) is 5.04. The van der Waals surface area contributed by atoms with Gasteiger partial charge in [0.2, 0.25) is 5.91 Å². The molecule has 0 bridgehead atoms. The number of hydrogen-bond donors (Lipinski definition) is 2. The average Bonchev–Trinajstić information content (AvgIpc) is 2.52. The van der Waals surface area contributed by atoms with Gasteiger partial charge in [-0.15, -0.1) is 0 Å². The van der Waals surface area contributed by atoms with E-state index in [2.05, 4.69) is 0 Å². The number of ether oxygens (including phenoxy) is 1. The van der Waals surface area contributed by atoms with Crippen molar-refractivity contribution in [3.05, 3.63) is 35.9 Å². The van der Waals surface area contributed by atoms with Crippen LogP contribution in [0.3, 0.4) is 0 Å². The third-order valence-corrected chi connectivity index (χ3v) is 3.51. The van der Waals surface area contributed by atoms with E-state index in [1.807, 2.05) is 0 Å². The van der Waals surface area contributed by atoms with Gasteiger partial charge in [0.05, 0.1) is 19.3 Å². The summed E-state index contributed by atoms with van der Waals surface area (Å²) in [5, 5.41) is 17.9. The molecule has 1 aliphatic heterocycles. The van der Waals surface area contributed by atoms with Crippen molar-refractivity contribution in [1.82, 2.24) is 4.90 Å². The number of aliphatic hydroxyl groups excluding tert-OH is 1. The minimum atomic E-state index is -0.0105. The maximum absolute atomic E-state index is 12.1. The van der Waals surface area contributed by atoms with E-state index in [0.29, 0.717) is 19.7 Å². The van der Waals surface area contributed by atoms with E-state index >= 15 is 0 Å². The summed E-state index contributed by atoms with van der Waals surface area (Å²) in [6, 6.07) is 6.70. The molecule has 0 atom stereocenters. The molecule has 1 heterocycles. The quantitative estimate of drug-likeness (QED) is 0.805. The standard InChI is InChI=1S/C16H21NO4/c18-11-12-21-15-7-9-17(10-8-15)16(20)6-3-13-1-4-14(19)5-2-13/h1-6,15,18-19H,7-12H2/b6-3+. The van der Waals surface area contributed by atoms with Crippen LogP contribution in [0.5, 0.6) is 5.75 Å². The number of rotatable bonds is 5. The first-order valence-corrected chi connectivity index (χ1v) is 7.17. The molecular formula is C16H21NO4. The third kappa shape index (κ3) is 4.88. The van der Waals surface area contributed by atoms with E-state index < -0.39 is 0 Å². The highest BCUT2D eigenvalue weighted by molar-refractivity contribution is 5.91.